The van der Waals surface area contributed by atoms with Crippen molar-refractivity contribution in [1.29, 1.82) is 0 Å². The van der Waals surface area contributed by atoms with Gasteiger partial charge < -0.3 is 9.47 Å². The van der Waals surface area contributed by atoms with Gasteiger partial charge in [0.1, 0.15) is 11.1 Å². The van der Waals surface area contributed by atoms with E-state index in [1.807, 2.05) is 0 Å². The van der Waals surface area contributed by atoms with Crippen molar-refractivity contribution in [3.8, 4) is 16.9 Å². The van der Waals surface area contributed by atoms with Crippen molar-refractivity contribution in [3.63, 3.8) is 0 Å². The molecule has 0 aliphatic heterocycles. The van der Waals surface area contributed by atoms with Gasteiger partial charge in [-0.05, 0) is 17.7 Å². The van der Waals surface area contributed by atoms with Crippen LogP contribution in [0.25, 0.3) is 16.9 Å². The van der Waals surface area contributed by atoms with Crippen LogP contribution in [0, 0.1) is 5.95 Å². The second-order valence-corrected chi connectivity index (χ2v) is 5.41. The highest BCUT2D eigenvalue weighted by Gasteiger charge is 2.34. The number of hydrogen-bond acceptors (Lipinski definition) is 4. The van der Waals surface area contributed by atoms with E-state index in [9.17, 15) is 9.59 Å². The second-order valence-electron chi connectivity index (χ2n) is 5.41. The van der Waals surface area contributed by atoms with Crippen LogP contribution in [0.1, 0.15) is 20.7 Å². The maximum Gasteiger partial charge on any atom is 0.343 e. The van der Waals surface area contributed by atoms with E-state index >= 15 is 4.39 Å². The predicted octanol–water partition coefficient (Wildman–Crippen LogP) is 3.86. The summed E-state index contributed by atoms with van der Waals surface area (Å²) in [5.41, 5.74) is 0.616. The van der Waals surface area contributed by atoms with Gasteiger partial charge in [0.25, 0.3) is 0 Å². The summed E-state index contributed by atoms with van der Waals surface area (Å²) in [5.74, 6) is -2.66. The first-order valence-electron chi connectivity index (χ1n) is 7.81. The van der Waals surface area contributed by atoms with E-state index < -0.39 is 23.4 Å². The quantitative estimate of drug-likeness (QED) is 0.669. The lowest BCUT2D eigenvalue weighted by Gasteiger charge is -2.11. The maximum atomic E-state index is 15.3. The summed E-state index contributed by atoms with van der Waals surface area (Å²) in [6.07, 6.45) is 0. The average Bonchev–Trinajstić information content (AvgIpc) is 3.01. The van der Waals surface area contributed by atoms with Crippen molar-refractivity contribution in [2.45, 2.75) is 0 Å². The number of esters is 2. The van der Waals surface area contributed by atoms with Gasteiger partial charge in [0, 0.05) is 5.69 Å². The van der Waals surface area contributed by atoms with Crippen molar-refractivity contribution in [2.24, 2.45) is 0 Å². The molecule has 26 heavy (non-hydrogen) atoms. The lowest BCUT2D eigenvalue weighted by atomic mass is 10.0. The van der Waals surface area contributed by atoms with Crippen molar-refractivity contribution in [3.05, 3.63) is 77.7 Å². The Kier molecular flexibility index (Phi) is 4.84. The van der Waals surface area contributed by atoms with Gasteiger partial charge in [0.2, 0.25) is 5.95 Å². The van der Waals surface area contributed by atoms with Gasteiger partial charge in [0.15, 0.2) is 0 Å². The molecular formula is C20H16FNO4. The second kappa shape index (κ2) is 7.23. The Morgan fingerprint density at radius 2 is 1.31 bits per heavy atom. The van der Waals surface area contributed by atoms with Crippen LogP contribution < -0.4 is 0 Å². The number of carbonyl (C=O) groups is 2. The van der Waals surface area contributed by atoms with E-state index in [0.717, 1.165) is 7.11 Å². The monoisotopic (exact) mass is 353 g/mol. The smallest absolute Gasteiger partial charge is 0.343 e. The number of nitrogens with zero attached hydrogens (tertiary/aromatic N) is 1. The molecule has 0 atom stereocenters. The van der Waals surface area contributed by atoms with Gasteiger partial charge in [0.05, 0.1) is 19.9 Å². The van der Waals surface area contributed by atoms with Crippen LogP contribution in [0.4, 0.5) is 4.39 Å². The van der Waals surface area contributed by atoms with Crippen molar-refractivity contribution in [2.75, 3.05) is 14.2 Å². The number of para-hydroxylation sites is 1. The average molecular weight is 353 g/mol. The van der Waals surface area contributed by atoms with Crippen molar-refractivity contribution < 1.29 is 23.5 Å². The van der Waals surface area contributed by atoms with E-state index in [-0.39, 0.29) is 11.3 Å². The normalized spacial score (nSPS) is 10.4. The summed E-state index contributed by atoms with van der Waals surface area (Å²) < 4.78 is 26.0. The summed E-state index contributed by atoms with van der Waals surface area (Å²) in [6.45, 7) is 0. The third-order valence-corrected chi connectivity index (χ3v) is 3.95. The largest absolute Gasteiger partial charge is 0.465 e. The molecule has 6 heteroatoms. The molecule has 0 unspecified atom stereocenters. The Labute approximate surface area is 149 Å². The molecular weight excluding hydrogens is 337 g/mol. The number of aromatic nitrogens is 1. The Morgan fingerprint density at radius 3 is 1.85 bits per heavy atom. The Hall–Kier alpha value is -3.41. The first kappa shape index (κ1) is 17.4. The molecule has 0 saturated carbocycles. The van der Waals surface area contributed by atoms with Crippen molar-refractivity contribution in [1.82, 2.24) is 4.57 Å². The summed E-state index contributed by atoms with van der Waals surface area (Å²) in [6, 6.07) is 17.4. The van der Waals surface area contributed by atoms with Crippen LogP contribution in [-0.2, 0) is 9.47 Å². The summed E-state index contributed by atoms with van der Waals surface area (Å²) in [4.78, 5) is 24.7. The molecule has 1 aromatic heterocycles. The van der Waals surface area contributed by atoms with E-state index in [4.69, 9.17) is 9.47 Å². The minimum atomic E-state index is -0.949. The predicted molar refractivity (Wildman–Crippen MR) is 93.8 cm³/mol. The highest BCUT2D eigenvalue weighted by atomic mass is 19.1. The summed E-state index contributed by atoms with van der Waals surface area (Å²) in [5, 5.41) is 0. The van der Waals surface area contributed by atoms with Crippen molar-refractivity contribution >= 4 is 11.9 Å². The standard InChI is InChI=1S/C20H16FNO4/c1-25-19(23)15-16(20(24)26-2)18(21)22(14-11-7-4-8-12-14)17(15)13-9-5-3-6-10-13/h3-12H,1-2H3. The molecule has 1 heterocycles. The van der Waals surface area contributed by atoms with E-state index in [2.05, 4.69) is 0 Å². The zero-order chi connectivity index (χ0) is 18.7. The number of benzene rings is 2. The van der Waals surface area contributed by atoms with Gasteiger partial charge >= 0.3 is 11.9 Å². The lowest BCUT2D eigenvalue weighted by Crippen LogP contribution is -2.11. The first-order chi connectivity index (χ1) is 12.6. The summed E-state index contributed by atoms with van der Waals surface area (Å²) >= 11 is 0. The molecule has 5 nitrogen and oxygen atoms in total. The molecule has 0 bridgehead atoms. The molecule has 3 rings (SSSR count). The Balaban J connectivity index is 2.45. The Morgan fingerprint density at radius 1 is 0.808 bits per heavy atom. The van der Waals surface area contributed by atoms with E-state index in [0.29, 0.717) is 11.3 Å². The third-order valence-electron chi connectivity index (χ3n) is 3.95. The minimum absolute atomic E-state index is 0.174. The molecule has 0 spiro atoms. The molecule has 132 valence electrons. The van der Waals surface area contributed by atoms with Crippen LogP contribution in [-0.4, -0.2) is 30.7 Å². The maximum absolute atomic E-state index is 15.3. The number of rotatable bonds is 4. The topological polar surface area (TPSA) is 57.5 Å². The molecule has 3 aromatic rings. The highest BCUT2D eigenvalue weighted by Crippen LogP contribution is 2.34. The van der Waals surface area contributed by atoms with E-state index in [1.54, 1.807) is 60.7 Å². The molecule has 0 amide bonds. The zero-order valence-corrected chi connectivity index (χ0v) is 14.2. The minimum Gasteiger partial charge on any atom is -0.465 e. The molecule has 2 aromatic carbocycles. The van der Waals surface area contributed by atoms with Crippen LogP contribution in [0.15, 0.2) is 60.7 Å². The number of halogens is 1. The molecule has 0 radical (unpaired) electrons. The van der Waals surface area contributed by atoms with Crippen LogP contribution >= 0.6 is 0 Å². The number of carbonyl (C=O) groups excluding carboxylic acids is 2. The fraction of sp³-hybridized carbons (Fsp3) is 0.100. The Bertz CT molecular complexity index is 949. The van der Waals surface area contributed by atoms with E-state index in [1.165, 1.54) is 11.7 Å². The third kappa shape index (κ3) is 2.86. The van der Waals surface area contributed by atoms with Crippen LogP contribution in [0.3, 0.4) is 0 Å². The number of methoxy groups -OCH3 is 2. The first-order valence-corrected chi connectivity index (χ1v) is 7.81. The van der Waals surface area contributed by atoms with Gasteiger partial charge in [-0.25, -0.2) is 9.59 Å². The van der Waals surface area contributed by atoms with Gasteiger partial charge in [-0.3, -0.25) is 4.57 Å². The van der Waals surface area contributed by atoms with Crippen LogP contribution in [0.2, 0.25) is 0 Å². The SMILES string of the molecule is COC(=O)c1c(C(=O)OC)c(-c2ccccc2)n(-c2ccccc2)c1F. The molecule has 0 N–H and O–H groups in total. The molecule has 0 aliphatic carbocycles. The summed E-state index contributed by atoms with van der Waals surface area (Å²) in [7, 11) is 2.31. The van der Waals surface area contributed by atoms with Gasteiger partial charge in [-0.15, -0.1) is 0 Å². The fourth-order valence-corrected chi connectivity index (χ4v) is 2.82. The van der Waals surface area contributed by atoms with Gasteiger partial charge in [-0.2, -0.15) is 4.39 Å². The molecule has 0 fully saturated rings. The van der Waals surface area contributed by atoms with Crippen LogP contribution in [0.5, 0.6) is 0 Å². The molecule has 0 aliphatic rings. The number of hydrogen-bond donors (Lipinski definition) is 0. The highest BCUT2D eigenvalue weighted by molar-refractivity contribution is 6.08. The fourth-order valence-electron chi connectivity index (χ4n) is 2.82. The lowest BCUT2D eigenvalue weighted by molar-refractivity contribution is 0.0553. The zero-order valence-electron chi connectivity index (χ0n) is 14.2. The number of ether oxygens (including phenoxy) is 2. The van der Waals surface area contributed by atoms with Gasteiger partial charge in [-0.1, -0.05) is 48.5 Å². The molecule has 0 saturated heterocycles.